The van der Waals surface area contributed by atoms with Gasteiger partial charge in [0.1, 0.15) is 0 Å². The van der Waals surface area contributed by atoms with Gasteiger partial charge in [-0.15, -0.1) is 0 Å². The molecule has 0 spiro atoms. The third-order valence-electron chi connectivity index (χ3n) is 2.88. The lowest BCUT2D eigenvalue weighted by Gasteiger charge is -2.10. The Labute approximate surface area is 128 Å². The normalized spacial score (nSPS) is 12.6. The van der Waals surface area contributed by atoms with E-state index in [0.717, 1.165) is 12.2 Å². The summed E-state index contributed by atoms with van der Waals surface area (Å²) < 4.78 is 1.65. The zero-order valence-corrected chi connectivity index (χ0v) is 13.1. The molecule has 0 fully saturated rings. The maximum Gasteiger partial charge on any atom is 0.230 e. The smallest absolute Gasteiger partial charge is 0.230 e. The second kappa shape index (κ2) is 6.73. The van der Waals surface area contributed by atoms with Gasteiger partial charge in [-0.05, 0) is 14.1 Å². The molecule has 114 valence electrons. The summed E-state index contributed by atoms with van der Waals surface area (Å²) in [5.74, 6) is 0.182. The molecule has 2 aromatic heterocycles. The highest BCUT2D eigenvalue weighted by Crippen LogP contribution is 2.11. The molecule has 0 bridgehead atoms. The largest absolute Gasteiger partial charge is 0.309 e. The Kier molecular flexibility index (Phi) is 4.98. The molecule has 1 atom stereocenters. The summed E-state index contributed by atoms with van der Waals surface area (Å²) >= 11 is 5.80. The van der Waals surface area contributed by atoms with Crippen LogP contribution in [0.5, 0.6) is 0 Å². The van der Waals surface area contributed by atoms with Crippen molar-refractivity contribution in [2.24, 2.45) is 5.92 Å². The molecule has 0 radical (unpaired) electrons. The summed E-state index contributed by atoms with van der Waals surface area (Å²) in [7, 11) is 3.94. The third-order valence-corrected chi connectivity index (χ3v) is 3.07. The topological polar surface area (TPSA) is 78.8 Å². The summed E-state index contributed by atoms with van der Waals surface area (Å²) in [5.41, 5.74) is 0.946. The van der Waals surface area contributed by atoms with Crippen molar-refractivity contribution in [3.63, 3.8) is 0 Å². The van der Waals surface area contributed by atoms with Crippen LogP contribution >= 0.6 is 11.6 Å². The number of hydrogen-bond donors (Lipinski definition) is 2. The Balaban J connectivity index is 1.89. The minimum atomic E-state index is -0.241. The van der Waals surface area contributed by atoms with E-state index in [2.05, 4.69) is 20.6 Å². The average Bonchev–Trinajstić information content (AvgIpc) is 2.98. The maximum absolute atomic E-state index is 12.1. The zero-order chi connectivity index (χ0) is 15.4. The minimum absolute atomic E-state index is 0.107. The Hall–Kier alpha value is -1.86. The first-order valence-electron chi connectivity index (χ1n) is 6.62. The molecule has 2 aromatic rings. The number of aromatic amines is 1. The number of amides is 1. The summed E-state index contributed by atoms with van der Waals surface area (Å²) in [6.45, 7) is 3.04. The number of anilines is 1. The van der Waals surface area contributed by atoms with Crippen molar-refractivity contribution in [2.75, 3.05) is 19.4 Å². The quantitative estimate of drug-likeness (QED) is 0.849. The minimum Gasteiger partial charge on any atom is -0.309 e. The van der Waals surface area contributed by atoms with Crippen molar-refractivity contribution in [2.45, 2.75) is 20.0 Å². The van der Waals surface area contributed by atoms with Gasteiger partial charge >= 0.3 is 0 Å². The molecule has 0 saturated heterocycles. The lowest BCUT2D eigenvalue weighted by molar-refractivity contribution is -0.119. The molecule has 8 heteroatoms. The van der Waals surface area contributed by atoms with E-state index >= 15 is 0 Å². The predicted molar refractivity (Wildman–Crippen MR) is 81.0 cm³/mol. The molecule has 0 aliphatic rings. The second-order valence-electron chi connectivity index (χ2n) is 5.29. The number of H-pyrrole nitrogens is 1. The van der Waals surface area contributed by atoms with Crippen LogP contribution in [0, 0.1) is 5.92 Å². The van der Waals surface area contributed by atoms with E-state index < -0.39 is 0 Å². The van der Waals surface area contributed by atoms with Crippen LogP contribution in [0.3, 0.4) is 0 Å². The van der Waals surface area contributed by atoms with Crippen LogP contribution in [-0.4, -0.2) is 44.9 Å². The monoisotopic (exact) mass is 310 g/mol. The molecule has 2 rings (SSSR count). The van der Waals surface area contributed by atoms with Gasteiger partial charge in [-0.3, -0.25) is 14.6 Å². The molecular weight excluding hydrogens is 292 g/mol. The summed E-state index contributed by atoms with van der Waals surface area (Å²) in [4.78, 5) is 14.1. The molecule has 0 aliphatic heterocycles. The molecule has 1 unspecified atom stereocenters. The molecule has 0 aliphatic carbocycles. The van der Waals surface area contributed by atoms with E-state index in [1.54, 1.807) is 17.1 Å². The predicted octanol–water partition coefficient (Wildman–Crippen LogP) is 1.60. The Morgan fingerprint density at radius 3 is 2.95 bits per heavy atom. The molecule has 0 aromatic carbocycles. The van der Waals surface area contributed by atoms with Crippen LogP contribution in [0.15, 0.2) is 18.5 Å². The Bertz CT molecular complexity index is 605. The molecular formula is C13H19ClN6O. The van der Waals surface area contributed by atoms with Crippen LogP contribution in [0.2, 0.25) is 5.02 Å². The van der Waals surface area contributed by atoms with Gasteiger partial charge in [0.2, 0.25) is 5.91 Å². The molecule has 1 amide bonds. The fourth-order valence-corrected chi connectivity index (χ4v) is 2.05. The first-order valence-corrected chi connectivity index (χ1v) is 6.99. The van der Waals surface area contributed by atoms with E-state index in [-0.39, 0.29) is 11.8 Å². The van der Waals surface area contributed by atoms with Crippen molar-refractivity contribution in [1.29, 1.82) is 0 Å². The first kappa shape index (κ1) is 15.5. The van der Waals surface area contributed by atoms with Gasteiger partial charge < -0.3 is 10.2 Å². The van der Waals surface area contributed by atoms with E-state index in [4.69, 9.17) is 11.6 Å². The Morgan fingerprint density at radius 1 is 1.57 bits per heavy atom. The highest BCUT2D eigenvalue weighted by molar-refractivity contribution is 6.30. The standard InChI is InChI=1S/C13H19ClN6O/c1-9(6-20-7-10(14)5-15-20)13(21)16-12-4-11(17-18-12)8-19(2)3/h4-5,7,9H,6,8H2,1-3H3,(H2,16,17,18,21). The number of carbonyl (C=O) groups excluding carboxylic acids is 1. The molecule has 21 heavy (non-hydrogen) atoms. The van der Waals surface area contributed by atoms with Crippen molar-refractivity contribution < 1.29 is 4.79 Å². The fourth-order valence-electron chi connectivity index (χ4n) is 1.90. The Morgan fingerprint density at radius 2 is 2.33 bits per heavy atom. The van der Waals surface area contributed by atoms with Crippen LogP contribution < -0.4 is 5.32 Å². The van der Waals surface area contributed by atoms with E-state index in [0.29, 0.717) is 17.4 Å². The van der Waals surface area contributed by atoms with Gasteiger partial charge in [-0.2, -0.15) is 10.2 Å². The van der Waals surface area contributed by atoms with Gasteiger partial charge in [-0.1, -0.05) is 18.5 Å². The van der Waals surface area contributed by atoms with Gasteiger partial charge in [0, 0.05) is 18.8 Å². The summed E-state index contributed by atoms with van der Waals surface area (Å²) in [5, 5.41) is 14.4. The van der Waals surface area contributed by atoms with Crippen molar-refractivity contribution >= 4 is 23.3 Å². The maximum atomic E-state index is 12.1. The van der Waals surface area contributed by atoms with Crippen molar-refractivity contribution in [3.05, 3.63) is 29.2 Å². The van der Waals surface area contributed by atoms with Gasteiger partial charge in [0.15, 0.2) is 5.82 Å². The lowest BCUT2D eigenvalue weighted by Crippen LogP contribution is -2.24. The van der Waals surface area contributed by atoms with E-state index in [1.165, 1.54) is 0 Å². The van der Waals surface area contributed by atoms with Crippen molar-refractivity contribution in [1.82, 2.24) is 24.9 Å². The highest BCUT2D eigenvalue weighted by atomic mass is 35.5. The van der Waals surface area contributed by atoms with Crippen LogP contribution in [-0.2, 0) is 17.9 Å². The number of halogens is 1. The fraction of sp³-hybridized carbons (Fsp3) is 0.462. The zero-order valence-electron chi connectivity index (χ0n) is 12.3. The number of nitrogens with zero attached hydrogens (tertiary/aromatic N) is 4. The van der Waals surface area contributed by atoms with Gasteiger partial charge in [-0.25, -0.2) is 0 Å². The van der Waals surface area contributed by atoms with Crippen LogP contribution in [0.4, 0.5) is 5.82 Å². The lowest BCUT2D eigenvalue weighted by atomic mass is 10.1. The van der Waals surface area contributed by atoms with Crippen LogP contribution in [0.25, 0.3) is 0 Å². The van der Waals surface area contributed by atoms with E-state index in [1.807, 2.05) is 32.0 Å². The van der Waals surface area contributed by atoms with Gasteiger partial charge in [0.05, 0.1) is 29.4 Å². The molecule has 2 heterocycles. The number of rotatable bonds is 6. The number of carbonyl (C=O) groups is 1. The SMILES string of the molecule is CC(Cn1cc(Cl)cn1)C(=O)Nc1cc(CN(C)C)[nH]n1. The summed E-state index contributed by atoms with van der Waals surface area (Å²) in [6.07, 6.45) is 3.24. The summed E-state index contributed by atoms with van der Waals surface area (Å²) in [6, 6.07) is 1.83. The van der Waals surface area contributed by atoms with Crippen molar-refractivity contribution in [3.8, 4) is 0 Å². The first-order chi connectivity index (χ1) is 9.94. The highest BCUT2D eigenvalue weighted by Gasteiger charge is 2.15. The third kappa shape index (κ3) is 4.57. The second-order valence-corrected chi connectivity index (χ2v) is 5.72. The number of nitrogens with one attached hydrogen (secondary N) is 2. The van der Waals surface area contributed by atoms with Crippen LogP contribution in [0.1, 0.15) is 12.6 Å². The molecule has 7 nitrogen and oxygen atoms in total. The average molecular weight is 311 g/mol. The van der Waals surface area contributed by atoms with E-state index in [9.17, 15) is 4.79 Å². The molecule has 0 saturated carbocycles. The number of aromatic nitrogens is 4. The number of hydrogen-bond acceptors (Lipinski definition) is 4. The molecule has 2 N–H and O–H groups in total. The van der Waals surface area contributed by atoms with Gasteiger partial charge in [0.25, 0.3) is 0 Å².